The summed E-state index contributed by atoms with van der Waals surface area (Å²) in [5.74, 6) is 0.452. The molecule has 2 aromatic rings. The number of nitrogens with two attached hydrogens (primary N) is 1. The van der Waals surface area contributed by atoms with E-state index in [0.717, 1.165) is 6.42 Å². The highest BCUT2D eigenvalue weighted by atomic mass is 14.7. The first kappa shape index (κ1) is 11.4. The number of aromatic nitrogens is 1. The SMILES string of the molecule is Cc1ccc(CN)cc1C1CCc2cccnc21. The van der Waals surface area contributed by atoms with Gasteiger partial charge in [-0.25, -0.2) is 0 Å². The van der Waals surface area contributed by atoms with Crippen molar-refractivity contribution in [3.63, 3.8) is 0 Å². The van der Waals surface area contributed by atoms with Crippen LogP contribution in [0.1, 0.15) is 40.3 Å². The number of fused-ring (bicyclic) bond motifs is 1. The molecule has 0 fully saturated rings. The molecule has 0 radical (unpaired) electrons. The number of aryl methyl sites for hydroxylation is 2. The Morgan fingerprint density at radius 1 is 1.33 bits per heavy atom. The van der Waals surface area contributed by atoms with Crippen LogP contribution in [0.15, 0.2) is 36.5 Å². The molecule has 0 bridgehead atoms. The maximum absolute atomic E-state index is 5.75. The summed E-state index contributed by atoms with van der Waals surface area (Å²) in [6.07, 6.45) is 4.21. The highest BCUT2D eigenvalue weighted by Gasteiger charge is 2.26. The van der Waals surface area contributed by atoms with Crippen LogP contribution in [0.2, 0.25) is 0 Å². The molecule has 1 aromatic carbocycles. The molecule has 0 saturated heterocycles. The average molecular weight is 238 g/mol. The van der Waals surface area contributed by atoms with Crippen LogP contribution in [0.25, 0.3) is 0 Å². The van der Waals surface area contributed by atoms with Gasteiger partial charge < -0.3 is 5.73 Å². The van der Waals surface area contributed by atoms with Gasteiger partial charge in [0, 0.05) is 18.7 Å². The second-order valence-electron chi connectivity index (χ2n) is 5.03. The minimum atomic E-state index is 0.452. The quantitative estimate of drug-likeness (QED) is 0.873. The number of hydrogen-bond donors (Lipinski definition) is 1. The third-order valence-electron chi connectivity index (χ3n) is 3.91. The van der Waals surface area contributed by atoms with E-state index in [0.29, 0.717) is 12.5 Å². The molecule has 1 aromatic heterocycles. The van der Waals surface area contributed by atoms with Crippen molar-refractivity contribution in [3.05, 3.63) is 64.5 Å². The highest BCUT2D eigenvalue weighted by molar-refractivity contribution is 5.42. The summed E-state index contributed by atoms with van der Waals surface area (Å²) < 4.78 is 0. The molecule has 0 aliphatic heterocycles. The van der Waals surface area contributed by atoms with Gasteiger partial charge in [0.15, 0.2) is 0 Å². The van der Waals surface area contributed by atoms with Gasteiger partial charge in [0.1, 0.15) is 0 Å². The van der Waals surface area contributed by atoms with Crippen LogP contribution in [-0.2, 0) is 13.0 Å². The molecule has 1 atom stereocenters. The molecule has 92 valence electrons. The van der Waals surface area contributed by atoms with Gasteiger partial charge in [0.25, 0.3) is 0 Å². The molecule has 1 heterocycles. The van der Waals surface area contributed by atoms with Crippen LogP contribution >= 0.6 is 0 Å². The molecule has 0 amide bonds. The molecule has 3 rings (SSSR count). The van der Waals surface area contributed by atoms with Gasteiger partial charge in [-0.1, -0.05) is 24.3 Å². The molecule has 1 aliphatic carbocycles. The van der Waals surface area contributed by atoms with E-state index >= 15 is 0 Å². The monoisotopic (exact) mass is 238 g/mol. The molecule has 2 N–H and O–H groups in total. The minimum Gasteiger partial charge on any atom is -0.326 e. The fourth-order valence-corrected chi connectivity index (χ4v) is 2.91. The van der Waals surface area contributed by atoms with E-state index in [1.807, 2.05) is 12.3 Å². The van der Waals surface area contributed by atoms with Gasteiger partial charge in [0.05, 0.1) is 5.69 Å². The van der Waals surface area contributed by atoms with E-state index in [2.05, 4.69) is 36.2 Å². The maximum atomic E-state index is 5.75. The van der Waals surface area contributed by atoms with Crippen LogP contribution in [0.5, 0.6) is 0 Å². The van der Waals surface area contributed by atoms with E-state index < -0.39 is 0 Å². The van der Waals surface area contributed by atoms with E-state index in [4.69, 9.17) is 5.73 Å². The van der Waals surface area contributed by atoms with Gasteiger partial charge in [0.2, 0.25) is 0 Å². The van der Waals surface area contributed by atoms with Gasteiger partial charge in [-0.15, -0.1) is 0 Å². The lowest BCUT2D eigenvalue weighted by Crippen LogP contribution is -2.04. The summed E-state index contributed by atoms with van der Waals surface area (Å²) in [5, 5.41) is 0. The largest absolute Gasteiger partial charge is 0.326 e. The second-order valence-corrected chi connectivity index (χ2v) is 5.03. The van der Waals surface area contributed by atoms with Gasteiger partial charge in [-0.2, -0.15) is 0 Å². The first-order valence-electron chi connectivity index (χ1n) is 6.53. The van der Waals surface area contributed by atoms with Crippen LogP contribution < -0.4 is 5.73 Å². The van der Waals surface area contributed by atoms with Crippen molar-refractivity contribution >= 4 is 0 Å². The zero-order chi connectivity index (χ0) is 12.5. The summed E-state index contributed by atoms with van der Waals surface area (Å²) in [6, 6.07) is 10.8. The first-order valence-corrected chi connectivity index (χ1v) is 6.53. The average Bonchev–Trinajstić information content (AvgIpc) is 2.83. The van der Waals surface area contributed by atoms with Gasteiger partial charge >= 0.3 is 0 Å². The van der Waals surface area contributed by atoms with Crippen molar-refractivity contribution < 1.29 is 0 Å². The topological polar surface area (TPSA) is 38.9 Å². The Morgan fingerprint density at radius 2 is 2.22 bits per heavy atom. The molecular formula is C16H18N2. The molecule has 2 heteroatoms. The normalized spacial score (nSPS) is 17.8. The Balaban J connectivity index is 2.07. The number of hydrogen-bond acceptors (Lipinski definition) is 2. The molecule has 1 unspecified atom stereocenters. The zero-order valence-electron chi connectivity index (χ0n) is 10.7. The number of benzene rings is 1. The van der Waals surface area contributed by atoms with Crippen molar-refractivity contribution in [2.75, 3.05) is 0 Å². The van der Waals surface area contributed by atoms with E-state index in [1.165, 1.54) is 34.4 Å². The molecule has 2 nitrogen and oxygen atoms in total. The van der Waals surface area contributed by atoms with Crippen molar-refractivity contribution in [2.24, 2.45) is 5.73 Å². The van der Waals surface area contributed by atoms with Crippen LogP contribution in [0.3, 0.4) is 0 Å². The van der Waals surface area contributed by atoms with E-state index in [9.17, 15) is 0 Å². The van der Waals surface area contributed by atoms with Crippen LogP contribution in [0, 0.1) is 6.92 Å². The van der Waals surface area contributed by atoms with E-state index in [1.54, 1.807) is 0 Å². The molecule has 0 spiro atoms. The van der Waals surface area contributed by atoms with E-state index in [-0.39, 0.29) is 0 Å². The fraction of sp³-hybridized carbons (Fsp3) is 0.312. The third-order valence-corrected chi connectivity index (χ3v) is 3.91. The molecule has 18 heavy (non-hydrogen) atoms. The predicted octanol–water partition coefficient (Wildman–Crippen LogP) is 2.93. The van der Waals surface area contributed by atoms with Crippen LogP contribution in [-0.4, -0.2) is 4.98 Å². The van der Waals surface area contributed by atoms with Gasteiger partial charge in [-0.3, -0.25) is 4.98 Å². The summed E-state index contributed by atoms with van der Waals surface area (Å²) >= 11 is 0. The lowest BCUT2D eigenvalue weighted by Gasteiger charge is -2.15. The fourth-order valence-electron chi connectivity index (χ4n) is 2.91. The third kappa shape index (κ3) is 1.83. The minimum absolute atomic E-state index is 0.452. The Bertz CT molecular complexity index is 575. The van der Waals surface area contributed by atoms with Crippen molar-refractivity contribution in [2.45, 2.75) is 32.2 Å². The van der Waals surface area contributed by atoms with Crippen LogP contribution in [0.4, 0.5) is 0 Å². The molecule has 0 saturated carbocycles. The Kier molecular flexibility index (Phi) is 2.88. The number of rotatable bonds is 2. The van der Waals surface area contributed by atoms with Crippen molar-refractivity contribution in [1.82, 2.24) is 4.98 Å². The maximum Gasteiger partial charge on any atom is 0.0510 e. The summed E-state index contributed by atoms with van der Waals surface area (Å²) in [5.41, 5.74) is 12.4. The van der Waals surface area contributed by atoms with Crippen molar-refractivity contribution in [3.8, 4) is 0 Å². The Labute approximate surface area is 108 Å². The molecular weight excluding hydrogens is 220 g/mol. The number of pyridine rings is 1. The smallest absolute Gasteiger partial charge is 0.0510 e. The zero-order valence-corrected chi connectivity index (χ0v) is 10.7. The Morgan fingerprint density at radius 3 is 3.06 bits per heavy atom. The predicted molar refractivity (Wildman–Crippen MR) is 73.5 cm³/mol. The lowest BCUT2D eigenvalue weighted by atomic mass is 9.91. The van der Waals surface area contributed by atoms with Gasteiger partial charge in [-0.05, 0) is 48.1 Å². The highest BCUT2D eigenvalue weighted by Crippen LogP contribution is 2.38. The summed E-state index contributed by atoms with van der Waals surface area (Å²) in [4.78, 5) is 4.58. The Hall–Kier alpha value is -1.67. The summed E-state index contributed by atoms with van der Waals surface area (Å²) in [6.45, 7) is 2.78. The lowest BCUT2D eigenvalue weighted by molar-refractivity contribution is 0.764. The summed E-state index contributed by atoms with van der Waals surface area (Å²) in [7, 11) is 0. The van der Waals surface area contributed by atoms with Crippen molar-refractivity contribution in [1.29, 1.82) is 0 Å². The second kappa shape index (κ2) is 4.54. The molecule has 1 aliphatic rings. The standard InChI is InChI=1S/C16H18N2/c1-11-4-5-12(10-17)9-15(11)14-7-6-13-3-2-8-18-16(13)14/h2-5,8-9,14H,6-7,10,17H2,1H3. The number of nitrogens with zero attached hydrogens (tertiary/aromatic N) is 1. The first-order chi connectivity index (χ1) is 8.79.